The van der Waals surface area contributed by atoms with Gasteiger partial charge in [-0.1, -0.05) is 40.2 Å². The third-order valence-corrected chi connectivity index (χ3v) is 3.77. The van der Waals surface area contributed by atoms with Crippen LogP contribution in [0, 0.1) is 0 Å². The molecule has 0 aliphatic carbocycles. The molecule has 0 spiro atoms. The summed E-state index contributed by atoms with van der Waals surface area (Å²) in [5, 5.41) is 0.660. The average molecular weight is 316 g/mol. The van der Waals surface area contributed by atoms with Crippen molar-refractivity contribution in [3.8, 4) is 0 Å². The molecule has 0 N–H and O–H groups in total. The van der Waals surface area contributed by atoms with Crippen LogP contribution in [0.3, 0.4) is 0 Å². The molecule has 0 radical (unpaired) electrons. The van der Waals surface area contributed by atoms with Gasteiger partial charge in [0.15, 0.2) is 0 Å². The van der Waals surface area contributed by atoms with Crippen molar-refractivity contribution in [1.29, 1.82) is 0 Å². The number of alkyl halides is 1. The number of rotatable bonds is 2. The summed E-state index contributed by atoms with van der Waals surface area (Å²) in [5.74, 6) is -0.513. The van der Waals surface area contributed by atoms with Crippen LogP contribution in [0.2, 0.25) is 0 Å². The van der Waals surface area contributed by atoms with Gasteiger partial charge in [-0.05, 0) is 29.8 Å². The maximum absolute atomic E-state index is 12.4. The number of imide groups is 1. The smallest absolute Gasteiger partial charge is 0.266 e. The first kappa shape index (κ1) is 12.1. The number of para-hydroxylation sites is 1. The maximum atomic E-state index is 12.4. The molecule has 2 aromatic carbocycles. The Hall–Kier alpha value is -1.94. The monoisotopic (exact) mass is 315 g/mol. The quantitative estimate of drug-likeness (QED) is 0.629. The molecule has 0 saturated heterocycles. The lowest BCUT2D eigenvalue weighted by molar-refractivity contribution is 0.0926. The van der Waals surface area contributed by atoms with Gasteiger partial charge in [0, 0.05) is 5.33 Å². The van der Waals surface area contributed by atoms with E-state index in [0.29, 0.717) is 22.1 Å². The summed E-state index contributed by atoms with van der Waals surface area (Å²) < 4.78 is 0. The van der Waals surface area contributed by atoms with E-state index < -0.39 is 0 Å². The summed E-state index contributed by atoms with van der Waals surface area (Å²) in [6, 6.07) is 14.3. The summed E-state index contributed by atoms with van der Waals surface area (Å²) in [5.41, 5.74) is 2.54. The minimum atomic E-state index is -0.257. The van der Waals surface area contributed by atoms with Crippen LogP contribution in [0.1, 0.15) is 26.3 Å². The van der Waals surface area contributed by atoms with Crippen LogP contribution in [0.4, 0.5) is 5.69 Å². The second kappa shape index (κ2) is 4.63. The molecule has 2 aromatic rings. The summed E-state index contributed by atoms with van der Waals surface area (Å²) in [7, 11) is 0. The van der Waals surface area contributed by atoms with Crippen molar-refractivity contribution in [3.63, 3.8) is 0 Å². The second-order valence-electron chi connectivity index (χ2n) is 4.29. The van der Waals surface area contributed by atoms with Gasteiger partial charge in [-0.15, -0.1) is 0 Å². The van der Waals surface area contributed by atoms with Gasteiger partial charge < -0.3 is 0 Å². The van der Waals surface area contributed by atoms with Gasteiger partial charge in [0.25, 0.3) is 11.8 Å². The predicted molar refractivity (Wildman–Crippen MR) is 76.7 cm³/mol. The number of benzene rings is 2. The molecule has 1 aliphatic rings. The van der Waals surface area contributed by atoms with Crippen molar-refractivity contribution in [2.24, 2.45) is 0 Å². The van der Waals surface area contributed by atoms with E-state index >= 15 is 0 Å². The zero-order chi connectivity index (χ0) is 13.4. The Labute approximate surface area is 119 Å². The van der Waals surface area contributed by atoms with E-state index in [1.165, 1.54) is 4.90 Å². The Bertz CT molecular complexity index is 667. The van der Waals surface area contributed by atoms with Crippen molar-refractivity contribution in [1.82, 2.24) is 0 Å². The zero-order valence-electron chi connectivity index (χ0n) is 9.97. The van der Waals surface area contributed by atoms with Gasteiger partial charge in [0.2, 0.25) is 0 Å². The lowest BCUT2D eigenvalue weighted by atomic mass is 10.1. The molecule has 0 unspecified atom stereocenters. The highest BCUT2D eigenvalue weighted by atomic mass is 79.9. The van der Waals surface area contributed by atoms with Gasteiger partial charge in [-0.25, -0.2) is 4.90 Å². The number of anilines is 1. The Morgan fingerprint density at radius 1 is 0.895 bits per heavy atom. The number of carbonyl (C=O) groups is 2. The molecule has 0 bridgehead atoms. The van der Waals surface area contributed by atoms with Gasteiger partial charge in [0.05, 0.1) is 16.8 Å². The van der Waals surface area contributed by atoms with Crippen molar-refractivity contribution in [3.05, 3.63) is 65.2 Å². The summed E-state index contributed by atoms with van der Waals surface area (Å²) in [6.45, 7) is 0. The normalized spacial score (nSPS) is 13.8. The first-order chi connectivity index (χ1) is 9.22. The van der Waals surface area contributed by atoms with E-state index in [9.17, 15) is 9.59 Å². The number of fused-ring (bicyclic) bond motifs is 1. The fourth-order valence-corrected chi connectivity index (χ4v) is 2.53. The van der Waals surface area contributed by atoms with Crippen LogP contribution in [-0.4, -0.2) is 11.8 Å². The number of halogens is 1. The van der Waals surface area contributed by atoms with Gasteiger partial charge in [-0.3, -0.25) is 9.59 Å². The third kappa shape index (κ3) is 1.88. The van der Waals surface area contributed by atoms with E-state index in [4.69, 9.17) is 0 Å². The van der Waals surface area contributed by atoms with E-state index in [2.05, 4.69) is 15.9 Å². The van der Waals surface area contributed by atoms with E-state index in [1.807, 2.05) is 24.3 Å². The number of carbonyl (C=O) groups excluding carboxylic acids is 2. The molecule has 19 heavy (non-hydrogen) atoms. The number of amides is 2. The van der Waals surface area contributed by atoms with Crippen molar-refractivity contribution < 1.29 is 9.59 Å². The van der Waals surface area contributed by atoms with E-state index in [0.717, 1.165) is 5.56 Å². The summed E-state index contributed by atoms with van der Waals surface area (Å²) in [6.07, 6.45) is 0. The number of hydrogen-bond donors (Lipinski definition) is 0. The maximum Gasteiger partial charge on any atom is 0.266 e. The van der Waals surface area contributed by atoms with Gasteiger partial charge in [-0.2, -0.15) is 0 Å². The molecule has 3 nitrogen and oxygen atoms in total. The molecular weight excluding hydrogens is 306 g/mol. The zero-order valence-corrected chi connectivity index (χ0v) is 11.6. The topological polar surface area (TPSA) is 37.4 Å². The lowest BCUT2D eigenvalue weighted by Crippen LogP contribution is -2.29. The second-order valence-corrected chi connectivity index (χ2v) is 4.86. The fourth-order valence-electron chi connectivity index (χ4n) is 2.18. The molecule has 0 atom stereocenters. The fraction of sp³-hybridized carbons (Fsp3) is 0.0667. The Balaban J connectivity index is 2.10. The van der Waals surface area contributed by atoms with Crippen LogP contribution in [0.15, 0.2) is 48.5 Å². The molecule has 0 fully saturated rings. The summed E-state index contributed by atoms with van der Waals surface area (Å²) in [4.78, 5) is 25.9. The van der Waals surface area contributed by atoms with Crippen LogP contribution in [-0.2, 0) is 5.33 Å². The highest BCUT2D eigenvalue weighted by Crippen LogP contribution is 2.29. The Morgan fingerprint density at radius 2 is 1.58 bits per heavy atom. The largest absolute Gasteiger partial charge is 0.268 e. The minimum Gasteiger partial charge on any atom is -0.268 e. The molecule has 4 heteroatoms. The third-order valence-electron chi connectivity index (χ3n) is 3.12. The predicted octanol–water partition coefficient (Wildman–Crippen LogP) is 3.38. The number of hydrogen-bond acceptors (Lipinski definition) is 2. The SMILES string of the molecule is O=C1c2ccc(CBr)cc2C(=O)N1c1ccccc1. The van der Waals surface area contributed by atoms with Crippen LogP contribution < -0.4 is 4.90 Å². The minimum absolute atomic E-state index is 0.256. The Kier molecular flexibility index (Phi) is 2.95. The van der Waals surface area contributed by atoms with Gasteiger partial charge >= 0.3 is 0 Å². The first-order valence-corrected chi connectivity index (χ1v) is 6.97. The van der Waals surface area contributed by atoms with Crippen molar-refractivity contribution in [2.75, 3.05) is 4.90 Å². The first-order valence-electron chi connectivity index (χ1n) is 5.85. The van der Waals surface area contributed by atoms with Gasteiger partial charge in [0.1, 0.15) is 0 Å². The average Bonchev–Trinajstić information content (AvgIpc) is 2.71. The molecule has 2 amide bonds. The van der Waals surface area contributed by atoms with E-state index in [-0.39, 0.29) is 11.8 Å². The summed E-state index contributed by atoms with van der Waals surface area (Å²) >= 11 is 3.35. The highest BCUT2D eigenvalue weighted by molar-refractivity contribution is 9.08. The highest BCUT2D eigenvalue weighted by Gasteiger charge is 2.36. The molecular formula is C15H10BrNO2. The number of nitrogens with zero attached hydrogens (tertiary/aromatic N) is 1. The molecule has 1 heterocycles. The molecule has 0 saturated carbocycles. The van der Waals surface area contributed by atoms with Crippen molar-refractivity contribution >= 4 is 33.4 Å². The van der Waals surface area contributed by atoms with Crippen LogP contribution >= 0.6 is 15.9 Å². The van der Waals surface area contributed by atoms with E-state index in [1.54, 1.807) is 24.3 Å². The van der Waals surface area contributed by atoms with Crippen LogP contribution in [0.5, 0.6) is 0 Å². The standard InChI is InChI=1S/C15H10BrNO2/c16-9-10-6-7-12-13(8-10)15(19)17(14(12)18)11-4-2-1-3-5-11/h1-8H,9H2. The molecule has 1 aliphatic heterocycles. The molecule has 94 valence electrons. The molecule has 3 rings (SSSR count). The lowest BCUT2D eigenvalue weighted by Gasteiger charge is -2.13. The van der Waals surface area contributed by atoms with Crippen molar-refractivity contribution in [2.45, 2.75) is 5.33 Å². The molecule has 0 aromatic heterocycles. The Morgan fingerprint density at radius 3 is 2.26 bits per heavy atom. The van der Waals surface area contributed by atoms with Crippen LogP contribution in [0.25, 0.3) is 0 Å².